The van der Waals surface area contributed by atoms with E-state index in [9.17, 15) is 13.6 Å². The summed E-state index contributed by atoms with van der Waals surface area (Å²) in [6.45, 7) is 11.4. The first-order chi connectivity index (χ1) is 19.5. The van der Waals surface area contributed by atoms with Crippen LogP contribution in [-0.4, -0.2) is 50.2 Å². The molecule has 1 aliphatic rings. The Kier molecular flexibility index (Phi) is 9.77. The van der Waals surface area contributed by atoms with E-state index in [-0.39, 0.29) is 29.9 Å². The molecule has 2 heterocycles. The van der Waals surface area contributed by atoms with Gasteiger partial charge >= 0.3 is 6.61 Å². The highest BCUT2D eigenvalue weighted by Crippen LogP contribution is 2.35. The molecule has 7 nitrogen and oxygen atoms in total. The number of halogens is 2. The van der Waals surface area contributed by atoms with Crippen LogP contribution < -0.4 is 20.2 Å². The summed E-state index contributed by atoms with van der Waals surface area (Å²) in [5.74, 6) is 6.89. The summed E-state index contributed by atoms with van der Waals surface area (Å²) in [5.41, 5.74) is 1.86. The van der Waals surface area contributed by atoms with Gasteiger partial charge in [-0.1, -0.05) is 64.5 Å². The number of aromatic nitrogens is 3. The van der Waals surface area contributed by atoms with Crippen LogP contribution in [-0.2, 0) is 11.5 Å². The SMILES string of the molecule is CC[Si](CC)(CC)c1c(C#Cc2ccc(OC(F)F)c(OC3CC3)c2)n(COCC[Si](C)(C)C)c2cn[nH]c(=O)c12. The van der Waals surface area contributed by atoms with Gasteiger partial charge in [0.15, 0.2) is 11.5 Å². The molecular weight excluding hydrogens is 561 g/mol. The molecule has 0 spiro atoms. The van der Waals surface area contributed by atoms with Crippen LogP contribution in [0.25, 0.3) is 10.9 Å². The van der Waals surface area contributed by atoms with E-state index in [1.54, 1.807) is 18.3 Å². The number of nitrogens with zero attached hydrogens (tertiary/aromatic N) is 2. The molecule has 2 aromatic heterocycles. The molecule has 41 heavy (non-hydrogen) atoms. The van der Waals surface area contributed by atoms with Crippen molar-refractivity contribution in [2.75, 3.05) is 6.61 Å². The molecule has 1 fully saturated rings. The van der Waals surface area contributed by atoms with Gasteiger partial charge in [0.2, 0.25) is 0 Å². The second-order valence-electron chi connectivity index (χ2n) is 11.9. The zero-order chi connectivity index (χ0) is 29.8. The van der Waals surface area contributed by atoms with Gasteiger partial charge in [0.05, 0.1) is 37.0 Å². The van der Waals surface area contributed by atoms with Crippen LogP contribution in [0.1, 0.15) is 44.9 Å². The van der Waals surface area contributed by atoms with E-state index in [4.69, 9.17) is 9.47 Å². The number of hydrogen-bond acceptors (Lipinski definition) is 5. The van der Waals surface area contributed by atoms with E-state index in [0.717, 1.165) is 47.9 Å². The zero-order valence-electron chi connectivity index (χ0n) is 24.9. The Hall–Kier alpha value is -2.95. The molecule has 0 saturated heterocycles. The smallest absolute Gasteiger partial charge is 0.387 e. The molecule has 1 saturated carbocycles. The lowest BCUT2D eigenvalue weighted by Gasteiger charge is -2.28. The maximum atomic E-state index is 13.3. The molecule has 11 heteroatoms. The topological polar surface area (TPSA) is 78.4 Å². The number of aromatic amines is 1. The Bertz CT molecular complexity index is 1470. The summed E-state index contributed by atoms with van der Waals surface area (Å²) in [7, 11) is -3.42. The monoisotopic (exact) mass is 601 g/mol. The number of H-pyrrole nitrogens is 1. The first-order valence-electron chi connectivity index (χ1n) is 14.5. The summed E-state index contributed by atoms with van der Waals surface area (Å²) in [6.07, 6.45) is 3.45. The first kappa shape index (κ1) is 31.0. The van der Waals surface area contributed by atoms with Crippen LogP contribution in [0.5, 0.6) is 11.5 Å². The van der Waals surface area contributed by atoms with Gasteiger partial charge in [0.25, 0.3) is 5.56 Å². The summed E-state index contributed by atoms with van der Waals surface area (Å²) in [4.78, 5) is 13.3. The zero-order valence-corrected chi connectivity index (χ0v) is 26.9. The van der Waals surface area contributed by atoms with Gasteiger partial charge in [-0.05, 0) is 48.2 Å². The van der Waals surface area contributed by atoms with Crippen molar-refractivity contribution in [3.8, 4) is 23.3 Å². The lowest BCUT2D eigenvalue weighted by atomic mass is 10.2. The van der Waals surface area contributed by atoms with Crippen molar-refractivity contribution >= 4 is 32.2 Å². The largest absolute Gasteiger partial charge is 0.486 e. The Morgan fingerprint density at radius 2 is 1.80 bits per heavy atom. The van der Waals surface area contributed by atoms with Gasteiger partial charge in [-0.25, -0.2) is 5.10 Å². The summed E-state index contributed by atoms with van der Waals surface area (Å²) < 4.78 is 44.7. The van der Waals surface area contributed by atoms with Crippen molar-refractivity contribution in [2.24, 2.45) is 0 Å². The number of benzene rings is 1. The van der Waals surface area contributed by atoms with Crippen molar-refractivity contribution in [2.45, 2.75) is 96.9 Å². The van der Waals surface area contributed by atoms with Gasteiger partial charge in [0, 0.05) is 20.2 Å². The molecule has 0 bridgehead atoms. The Balaban J connectivity index is 1.86. The Morgan fingerprint density at radius 3 is 2.41 bits per heavy atom. The third-order valence-electron chi connectivity index (χ3n) is 7.96. The molecule has 3 aromatic rings. The van der Waals surface area contributed by atoms with Crippen LogP contribution in [0, 0.1) is 11.8 Å². The van der Waals surface area contributed by atoms with Crippen LogP contribution in [0.2, 0.25) is 43.8 Å². The number of alkyl halides is 2. The highest BCUT2D eigenvalue weighted by atomic mass is 28.3. The van der Waals surface area contributed by atoms with E-state index in [2.05, 4.69) is 67.2 Å². The maximum Gasteiger partial charge on any atom is 0.387 e. The third-order valence-corrected chi connectivity index (χ3v) is 15.3. The normalized spacial score (nSPS) is 13.9. The van der Waals surface area contributed by atoms with E-state index in [1.807, 2.05) is 4.57 Å². The van der Waals surface area contributed by atoms with Gasteiger partial charge in [-0.15, -0.1) is 0 Å². The number of hydrogen-bond donors (Lipinski definition) is 1. The molecular formula is C30H41F2N3O4Si2. The maximum absolute atomic E-state index is 13.3. The van der Waals surface area contributed by atoms with Gasteiger partial charge in [-0.3, -0.25) is 4.79 Å². The molecule has 0 unspecified atom stereocenters. The summed E-state index contributed by atoms with van der Waals surface area (Å²) >= 11 is 0. The van der Waals surface area contributed by atoms with Gasteiger partial charge < -0.3 is 18.8 Å². The fourth-order valence-corrected chi connectivity index (χ4v) is 9.96. The lowest BCUT2D eigenvalue weighted by molar-refractivity contribution is -0.0516. The van der Waals surface area contributed by atoms with Crippen LogP contribution >= 0.6 is 0 Å². The molecule has 1 N–H and O–H groups in total. The molecule has 1 aliphatic carbocycles. The molecule has 0 aliphatic heterocycles. The van der Waals surface area contributed by atoms with Crippen LogP contribution in [0.15, 0.2) is 29.2 Å². The lowest BCUT2D eigenvalue weighted by Crippen LogP contribution is -2.48. The second kappa shape index (κ2) is 12.9. The van der Waals surface area contributed by atoms with Crippen molar-refractivity contribution in [1.82, 2.24) is 14.8 Å². The van der Waals surface area contributed by atoms with E-state index >= 15 is 0 Å². The number of rotatable bonds is 13. The molecule has 0 atom stereocenters. The minimum Gasteiger partial charge on any atom is -0.486 e. The second-order valence-corrected chi connectivity index (χ2v) is 22.7. The highest BCUT2D eigenvalue weighted by molar-refractivity contribution is 6.93. The van der Waals surface area contributed by atoms with Crippen molar-refractivity contribution < 1.29 is 23.0 Å². The quantitative estimate of drug-likeness (QED) is 0.141. The standard InChI is InChI=1S/C30H41F2N3O4Si2/c1-7-41(8-2,9-3)28-23(14-10-21-11-15-25(39-30(31)32)26(18-21)38-22-12-13-22)35(20-37-16-17-40(4,5)6)24-19-33-34-29(36)27(24)28/h11,15,18-19,22,30H,7-9,12-13,16-17,20H2,1-6H3,(H,34,36). The van der Waals surface area contributed by atoms with E-state index in [0.29, 0.717) is 23.1 Å². The minimum absolute atomic E-state index is 0.00460. The van der Waals surface area contributed by atoms with Crippen molar-refractivity contribution in [3.05, 3.63) is 46.0 Å². The average Bonchev–Trinajstić information content (AvgIpc) is 3.68. The Morgan fingerprint density at radius 1 is 1.10 bits per heavy atom. The predicted molar refractivity (Wildman–Crippen MR) is 164 cm³/mol. The van der Waals surface area contributed by atoms with Crippen LogP contribution in [0.4, 0.5) is 8.78 Å². The van der Waals surface area contributed by atoms with E-state index < -0.39 is 22.8 Å². The van der Waals surface area contributed by atoms with Gasteiger partial charge in [-0.2, -0.15) is 13.9 Å². The molecule has 222 valence electrons. The minimum atomic E-state index is -2.95. The van der Waals surface area contributed by atoms with Crippen LogP contribution in [0.3, 0.4) is 0 Å². The number of nitrogens with one attached hydrogen (secondary N) is 1. The fourth-order valence-electron chi connectivity index (χ4n) is 5.17. The summed E-state index contributed by atoms with van der Waals surface area (Å²) in [6, 6.07) is 8.69. The fraction of sp³-hybridized carbons (Fsp3) is 0.533. The molecule has 1 aromatic carbocycles. The van der Waals surface area contributed by atoms with E-state index in [1.165, 1.54) is 6.07 Å². The number of ether oxygens (including phenoxy) is 3. The first-order valence-corrected chi connectivity index (χ1v) is 20.8. The predicted octanol–water partition coefficient (Wildman–Crippen LogP) is 6.29. The number of fused-ring (bicyclic) bond motifs is 1. The summed E-state index contributed by atoms with van der Waals surface area (Å²) in [5, 5.41) is 8.45. The van der Waals surface area contributed by atoms with Crippen molar-refractivity contribution in [1.29, 1.82) is 0 Å². The molecule has 4 rings (SSSR count). The molecule has 0 amide bonds. The molecule has 0 radical (unpaired) electrons. The highest BCUT2D eigenvalue weighted by Gasteiger charge is 2.37. The van der Waals surface area contributed by atoms with Gasteiger partial charge in [0.1, 0.15) is 6.73 Å². The average molecular weight is 602 g/mol. The Labute approximate surface area is 242 Å². The third kappa shape index (κ3) is 7.29. The van der Waals surface area contributed by atoms with Crippen molar-refractivity contribution in [3.63, 3.8) is 0 Å².